The minimum atomic E-state index is -0.0322. The molecule has 84 valence electrons. The lowest BCUT2D eigenvalue weighted by atomic mass is 10.1. The van der Waals surface area contributed by atoms with E-state index in [9.17, 15) is 4.79 Å². The van der Waals surface area contributed by atoms with Crippen LogP contribution in [0.2, 0.25) is 0 Å². The van der Waals surface area contributed by atoms with E-state index in [4.69, 9.17) is 0 Å². The molecule has 1 aromatic rings. The number of carbonyl (C=O) groups excluding carboxylic acids is 1. The van der Waals surface area contributed by atoms with E-state index >= 15 is 0 Å². The maximum Gasteiger partial charge on any atom is 0.154 e. The van der Waals surface area contributed by atoms with Gasteiger partial charge in [-0.3, -0.25) is 9.48 Å². The lowest BCUT2D eigenvalue weighted by Gasteiger charge is -2.19. The topological polar surface area (TPSA) is 59.8 Å². The van der Waals surface area contributed by atoms with Crippen LogP contribution >= 0.6 is 0 Å². The first-order chi connectivity index (χ1) is 6.88. The van der Waals surface area contributed by atoms with E-state index in [0.717, 1.165) is 0 Å². The van der Waals surface area contributed by atoms with Crippen LogP contribution in [0, 0.1) is 0 Å². The Balaban J connectivity index is 2.41. The van der Waals surface area contributed by atoms with Crippen LogP contribution in [-0.4, -0.2) is 32.6 Å². The van der Waals surface area contributed by atoms with E-state index in [1.165, 1.54) is 6.33 Å². The van der Waals surface area contributed by atoms with Gasteiger partial charge in [-0.05, 0) is 20.8 Å². The average molecular weight is 210 g/mol. The number of ketones is 1. The quantitative estimate of drug-likeness (QED) is 0.777. The highest BCUT2D eigenvalue weighted by Crippen LogP contribution is 1.99. The summed E-state index contributed by atoms with van der Waals surface area (Å²) in [5.41, 5.74) is -0.0322. The Morgan fingerprint density at radius 2 is 2.20 bits per heavy atom. The maximum absolute atomic E-state index is 11.6. The molecule has 0 amide bonds. The van der Waals surface area contributed by atoms with Crippen molar-refractivity contribution in [3.63, 3.8) is 0 Å². The average Bonchev–Trinajstić information content (AvgIpc) is 2.47. The zero-order valence-corrected chi connectivity index (χ0v) is 9.74. The fraction of sp³-hybridized carbons (Fsp3) is 0.700. The Bertz CT molecular complexity index is 337. The van der Waals surface area contributed by atoms with Crippen molar-refractivity contribution in [1.82, 2.24) is 20.1 Å². The SMILES string of the molecule is Cn1ncnc1CC(=O)CNC(C)(C)C. The fourth-order valence-electron chi connectivity index (χ4n) is 1.08. The zero-order chi connectivity index (χ0) is 11.5. The lowest BCUT2D eigenvalue weighted by molar-refractivity contribution is -0.118. The van der Waals surface area contributed by atoms with Gasteiger partial charge in [0.1, 0.15) is 12.2 Å². The predicted molar refractivity (Wildman–Crippen MR) is 57.5 cm³/mol. The van der Waals surface area contributed by atoms with Crippen LogP contribution in [0.1, 0.15) is 26.6 Å². The van der Waals surface area contributed by atoms with Crippen molar-refractivity contribution in [3.8, 4) is 0 Å². The number of aromatic nitrogens is 3. The molecule has 0 radical (unpaired) electrons. The standard InChI is InChI=1S/C10H18N4O/c1-10(2,3)12-6-8(15)5-9-11-7-13-14(9)4/h7,12H,5-6H2,1-4H3. The molecule has 0 aromatic carbocycles. The molecule has 0 spiro atoms. The van der Waals surface area contributed by atoms with Gasteiger partial charge in [-0.1, -0.05) is 0 Å². The van der Waals surface area contributed by atoms with E-state index in [0.29, 0.717) is 18.8 Å². The third-order valence-electron chi connectivity index (χ3n) is 1.98. The number of hydrogen-bond acceptors (Lipinski definition) is 4. The molecule has 0 unspecified atom stereocenters. The minimum Gasteiger partial charge on any atom is -0.305 e. The summed E-state index contributed by atoms with van der Waals surface area (Å²) in [6.07, 6.45) is 1.79. The van der Waals surface area contributed by atoms with Gasteiger partial charge in [0.05, 0.1) is 13.0 Å². The molecule has 1 N–H and O–H groups in total. The van der Waals surface area contributed by atoms with Gasteiger partial charge in [0.25, 0.3) is 0 Å². The van der Waals surface area contributed by atoms with Crippen LogP contribution < -0.4 is 5.32 Å². The zero-order valence-electron chi connectivity index (χ0n) is 9.74. The number of nitrogens with zero attached hydrogens (tertiary/aromatic N) is 3. The molecule has 0 aliphatic rings. The summed E-state index contributed by atoms with van der Waals surface area (Å²) in [5, 5.41) is 7.06. The molecule has 1 heterocycles. The molecule has 0 atom stereocenters. The highest BCUT2D eigenvalue weighted by Gasteiger charge is 2.13. The van der Waals surface area contributed by atoms with Crippen molar-refractivity contribution in [1.29, 1.82) is 0 Å². The van der Waals surface area contributed by atoms with Crippen molar-refractivity contribution in [3.05, 3.63) is 12.2 Å². The Morgan fingerprint density at radius 3 is 2.67 bits per heavy atom. The summed E-state index contributed by atoms with van der Waals surface area (Å²) < 4.78 is 1.62. The third kappa shape index (κ3) is 4.20. The second-order valence-electron chi connectivity index (χ2n) is 4.62. The molecule has 0 bridgehead atoms. The molecule has 0 saturated heterocycles. The van der Waals surface area contributed by atoms with E-state index in [-0.39, 0.29) is 11.3 Å². The first-order valence-electron chi connectivity index (χ1n) is 4.98. The van der Waals surface area contributed by atoms with Crippen LogP contribution in [0.15, 0.2) is 6.33 Å². The van der Waals surface area contributed by atoms with Crippen molar-refractivity contribution in [2.24, 2.45) is 7.05 Å². The predicted octanol–water partition coefficient (Wildman–Crippen LogP) is 0.315. The molecule has 5 nitrogen and oxygen atoms in total. The summed E-state index contributed by atoms with van der Waals surface area (Å²) in [6, 6.07) is 0. The lowest BCUT2D eigenvalue weighted by Crippen LogP contribution is -2.39. The molecular weight excluding hydrogens is 192 g/mol. The van der Waals surface area contributed by atoms with Gasteiger partial charge in [-0.15, -0.1) is 0 Å². The van der Waals surface area contributed by atoms with Crippen molar-refractivity contribution in [2.75, 3.05) is 6.54 Å². The highest BCUT2D eigenvalue weighted by atomic mass is 16.1. The van der Waals surface area contributed by atoms with Gasteiger partial charge in [-0.2, -0.15) is 5.10 Å². The van der Waals surface area contributed by atoms with E-state index in [2.05, 4.69) is 15.4 Å². The minimum absolute atomic E-state index is 0.0322. The highest BCUT2D eigenvalue weighted by molar-refractivity contribution is 5.82. The third-order valence-corrected chi connectivity index (χ3v) is 1.98. The Kier molecular flexibility index (Phi) is 3.57. The molecule has 15 heavy (non-hydrogen) atoms. The second kappa shape index (κ2) is 4.53. The van der Waals surface area contributed by atoms with Gasteiger partial charge in [0.2, 0.25) is 0 Å². The summed E-state index contributed by atoms with van der Waals surface area (Å²) in [7, 11) is 1.78. The van der Waals surface area contributed by atoms with Gasteiger partial charge in [-0.25, -0.2) is 4.98 Å². The summed E-state index contributed by atoms with van der Waals surface area (Å²) in [6.45, 7) is 6.46. The number of hydrogen-bond donors (Lipinski definition) is 1. The summed E-state index contributed by atoms with van der Waals surface area (Å²) >= 11 is 0. The Morgan fingerprint density at radius 1 is 1.53 bits per heavy atom. The van der Waals surface area contributed by atoms with E-state index in [1.54, 1.807) is 11.7 Å². The van der Waals surface area contributed by atoms with Gasteiger partial charge in [0, 0.05) is 12.6 Å². The van der Waals surface area contributed by atoms with Crippen LogP contribution in [0.4, 0.5) is 0 Å². The Labute approximate surface area is 89.9 Å². The normalized spacial score (nSPS) is 11.7. The summed E-state index contributed by atoms with van der Waals surface area (Å²) in [5.74, 6) is 0.830. The number of nitrogens with one attached hydrogen (secondary N) is 1. The van der Waals surface area contributed by atoms with Gasteiger partial charge >= 0.3 is 0 Å². The van der Waals surface area contributed by atoms with E-state index < -0.39 is 0 Å². The van der Waals surface area contributed by atoms with Crippen LogP contribution in [0.5, 0.6) is 0 Å². The fourth-order valence-corrected chi connectivity index (χ4v) is 1.08. The second-order valence-corrected chi connectivity index (χ2v) is 4.62. The first-order valence-corrected chi connectivity index (χ1v) is 4.98. The number of Topliss-reactive ketones (excluding diaryl/α,β-unsaturated/α-hetero) is 1. The summed E-state index contributed by atoms with van der Waals surface area (Å²) in [4.78, 5) is 15.6. The number of rotatable bonds is 4. The molecule has 0 saturated carbocycles. The molecule has 1 aromatic heterocycles. The Hall–Kier alpha value is -1.23. The van der Waals surface area contributed by atoms with Crippen LogP contribution in [0.25, 0.3) is 0 Å². The van der Waals surface area contributed by atoms with E-state index in [1.807, 2.05) is 20.8 Å². The largest absolute Gasteiger partial charge is 0.305 e. The molecular formula is C10H18N4O. The van der Waals surface area contributed by atoms with Crippen LogP contribution in [0.3, 0.4) is 0 Å². The number of carbonyl (C=O) groups is 1. The molecule has 0 fully saturated rings. The maximum atomic E-state index is 11.6. The molecule has 5 heteroatoms. The van der Waals surface area contributed by atoms with Crippen molar-refractivity contribution < 1.29 is 4.79 Å². The molecule has 0 aliphatic carbocycles. The van der Waals surface area contributed by atoms with Crippen LogP contribution in [-0.2, 0) is 18.3 Å². The molecule has 1 rings (SSSR count). The first kappa shape index (κ1) is 11.8. The monoisotopic (exact) mass is 210 g/mol. The van der Waals surface area contributed by atoms with Gasteiger partial charge < -0.3 is 5.32 Å². The molecule has 0 aliphatic heterocycles. The number of aryl methyl sites for hydroxylation is 1. The van der Waals surface area contributed by atoms with Crippen molar-refractivity contribution >= 4 is 5.78 Å². The smallest absolute Gasteiger partial charge is 0.154 e. The van der Waals surface area contributed by atoms with Gasteiger partial charge in [0.15, 0.2) is 5.78 Å². The van der Waals surface area contributed by atoms with Crippen molar-refractivity contribution in [2.45, 2.75) is 32.7 Å².